The van der Waals surface area contributed by atoms with Crippen LogP contribution in [-0.4, -0.2) is 32.1 Å². The molecule has 0 saturated carbocycles. The average molecular weight is 395 g/mol. The summed E-state index contributed by atoms with van der Waals surface area (Å²) in [6.07, 6.45) is -4.80. The average Bonchev–Trinajstić information content (AvgIpc) is 2.29. The first-order valence-electron chi connectivity index (χ1n) is 4.99. The molecule has 0 aliphatic carbocycles. The number of hydrogen-bond acceptors (Lipinski definition) is 4. The minimum Gasteiger partial charge on any atom is -0.464 e. The molecule has 0 saturated heterocycles. The van der Waals surface area contributed by atoms with E-state index in [0.29, 0.717) is 0 Å². The molecule has 4 nitrogen and oxygen atoms in total. The fraction of sp³-hybridized carbons (Fsp3) is 0.500. The van der Waals surface area contributed by atoms with Gasteiger partial charge < -0.3 is 14.2 Å². The highest BCUT2D eigenvalue weighted by molar-refractivity contribution is 14.1. The van der Waals surface area contributed by atoms with Crippen LogP contribution in [0.1, 0.15) is 5.69 Å². The first-order chi connectivity index (χ1) is 8.86. The molecule has 0 radical (unpaired) electrons. The molecule has 108 valence electrons. The Morgan fingerprint density at radius 1 is 1.32 bits per heavy atom. The molecule has 0 amide bonds. The van der Waals surface area contributed by atoms with E-state index in [2.05, 4.69) is 9.72 Å². The summed E-state index contributed by atoms with van der Waals surface area (Å²) in [5.74, 6) is -1.77. The molecule has 1 rings (SSSR count). The van der Waals surface area contributed by atoms with Crippen LogP contribution in [0.4, 0.5) is 17.6 Å². The number of aromatic nitrogens is 1. The Bertz CT molecular complexity index is 428. The summed E-state index contributed by atoms with van der Waals surface area (Å²) in [6.45, 7) is 0.0487. The molecule has 1 aromatic heterocycles. The van der Waals surface area contributed by atoms with Gasteiger partial charge in [-0.25, -0.2) is 4.98 Å². The van der Waals surface area contributed by atoms with Crippen molar-refractivity contribution >= 4 is 22.6 Å². The minimum absolute atomic E-state index is 0.0345. The number of alkyl halides is 3. The van der Waals surface area contributed by atoms with Gasteiger partial charge in [-0.2, -0.15) is 17.6 Å². The van der Waals surface area contributed by atoms with Crippen molar-refractivity contribution in [1.29, 1.82) is 0 Å². The van der Waals surface area contributed by atoms with Crippen LogP contribution in [0, 0.1) is 9.52 Å². The Morgan fingerprint density at radius 3 is 2.58 bits per heavy atom. The Balaban J connectivity index is 2.81. The molecule has 1 aromatic rings. The maximum Gasteiger partial charge on any atom is 0.437 e. The molecule has 19 heavy (non-hydrogen) atoms. The van der Waals surface area contributed by atoms with E-state index < -0.39 is 30.4 Å². The summed E-state index contributed by atoms with van der Waals surface area (Å²) < 4.78 is 65.3. The van der Waals surface area contributed by atoms with Gasteiger partial charge >= 0.3 is 6.18 Å². The summed E-state index contributed by atoms with van der Waals surface area (Å²) in [7, 11) is 1.46. The molecule has 0 aromatic carbocycles. The molecular formula is C10H10F4INO3. The lowest BCUT2D eigenvalue weighted by molar-refractivity contribution is -0.144. The lowest BCUT2D eigenvalue weighted by Gasteiger charge is -2.14. The van der Waals surface area contributed by atoms with E-state index in [0.717, 1.165) is 6.07 Å². The van der Waals surface area contributed by atoms with Crippen molar-refractivity contribution in [3.8, 4) is 5.75 Å². The van der Waals surface area contributed by atoms with Crippen LogP contribution in [0.5, 0.6) is 5.75 Å². The largest absolute Gasteiger partial charge is 0.464 e. The standard InChI is InChI=1S/C10H10F4INO3/c1-17-2-3-18-5-19-8-6(15)4-7(11)16-9(8)10(12,13)14/h4H,2-3,5H2,1H3. The van der Waals surface area contributed by atoms with Gasteiger partial charge in [0.05, 0.1) is 16.8 Å². The summed E-state index contributed by atoms with van der Waals surface area (Å²) in [5, 5.41) is 0. The molecule has 9 heteroatoms. The van der Waals surface area contributed by atoms with Crippen molar-refractivity contribution in [2.75, 3.05) is 27.1 Å². The highest BCUT2D eigenvalue weighted by Gasteiger charge is 2.38. The van der Waals surface area contributed by atoms with Gasteiger partial charge in [-0.3, -0.25) is 0 Å². The molecule has 0 unspecified atom stereocenters. The predicted octanol–water partition coefficient (Wildman–Crippen LogP) is 2.84. The van der Waals surface area contributed by atoms with Crippen LogP contribution in [0.25, 0.3) is 0 Å². The van der Waals surface area contributed by atoms with Crippen molar-refractivity contribution in [1.82, 2.24) is 4.98 Å². The quantitative estimate of drug-likeness (QED) is 0.244. The second kappa shape index (κ2) is 7.20. The zero-order chi connectivity index (χ0) is 14.5. The smallest absolute Gasteiger partial charge is 0.437 e. The van der Waals surface area contributed by atoms with Crippen LogP contribution in [0.3, 0.4) is 0 Å². The van der Waals surface area contributed by atoms with Gasteiger partial charge in [0.1, 0.15) is 0 Å². The van der Waals surface area contributed by atoms with E-state index >= 15 is 0 Å². The zero-order valence-electron chi connectivity index (χ0n) is 9.76. The maximum atomic E-state index is 12.9. The molecular weight excluding hydrogens is 385 g/mol. The second-order valence-electron chi connectivity index (χ2n) is 3.27. The van der Waals surface area contributed by atoms with Crippen LogP contribution in [0.15, 0.2) is 6.07 Å². The van der Waals surface area contributed by atoms with Crippen molar-refractivity contribution < 1.29 is 31.8 Å². The number of nitrogens with zero attached hydrogens (tertiary/aromatic N) is 1. The number of halogens is 5. The normalized spacial score (nSPS) is 11.7. The van der Waals surface area contributed by atoms with Gasteiger partial charge in [0.15, 0.2) is 18.2 Å². The summed E-state index contributed by atoms with van der Waals surface area (Å²) in [5.41, 5.74) is -1.41. The van der Waals surface area contributed by atoms with E-state index in [9.17, 15) is 17.6 Å². The summed E-state index contributed by atoms with van der Waals surface area (Å²) in [6, 6.07) is 0.848. The third kappa shape index (κ3) is 5.07. The highest BCUT2D eigenvalue weighted by Crippen LogP contribution is 2.37. The molecule has 0 aliphatic rings. The maximum absolute atomic E-state index is 12.9. The Kier molecular flexibility index (Phi) is 6.20. The number of rotatable bonds is 6. The zero-order valence-corrected chi connectivity index (χ0v) is 11.9. The summed E-state index contributed by atoms with van der Waals surface area (Å²) >= 11 is 1.53. The molecule has 0 fully saturated rings. The SMILES string of the molecule is COCCOCOc1c(I)cc(F)nc1C(F)(F)F. The van der Waals surface area contributed by atoms with E-state index in [1.165, 1.54) is 29.7 Å². The third-order valence-corrected chi connectivity index (χ3v) is 2.68. The van der Waals surface area contributed by atoms with Crippen molar-refractivity contribution in [2.24, 2.45) is 0 Å². The van der Waals surface area contributed by atoms with Gasteiger partial charge in [0.2, 0.25) is 5.95 Å². The first kappa shape index (κ1) is 16.4. The van der Waals surface area contributed by atoms with Gasteiger partial charge in [-0.1, -0.05) is 0 Å². The van der Waals surface area contributed by atoms with Gasteiger partial charge in [-0.05, 0) is 22.6 Å². The Morgan fingerprint density at radius 2 is 2.00 bits per heavy atom. The van der Waals surface area contributed by atoms with E-state index in [1.807, 2.05) is 0 Å². The van der Waals surface area contributed by atoms with Crippen molar-refractivity contribution in [3.63, 3.8) is 0 Å². The van der Waals surface area contributed by atoms with E-state index in [4.69, 9.17) is 9.47 Å². The number of ether oxygens (including phenoxy) is 3. The molecule has 0 spiro atoms. The fourth-order valence-corrected chi connectivity index (χ4v) is 1.77. The third-order valence-electron chi connectivity index (χ3n) is 1.88. The van der Waals surface area contributed by atoms with Crippen molar-refractivity contribution in [2.45, 2.75) is 6.18 Å². The second-order valence-corrected chi connectivity index (χ2v) is 4.43. The lowest BCUT2D eigenvalue weighted by atomic mass is 10.3. The van der Waals surface area contributed by atoms with Crippen molar-refractivity contribution in [3.05, 3.63) is 21.3 Å². The molecule has 0 aliphatic heterocycles. The van der Waals surface area contributed by atoms with Gasteiger partial charge in [0.25, 0.3) is 0 Å². The van der Waals surface area contributed by atoms with Crippen LogP contribution in [-0.2, 0) is 15.7 Å². The Hall–Kier alpha value is -0.680. The van der Waals surface area contributed by atoms with Gasteiger partial charge in [-0.15, -0.1) is 0 Å². The molecule has 0 atom stereocenters. The van der Waals surface area contributed by atoms with E-state index in [1.54, 1.807) is 0 Å². The Labute approximate surface area is 120 Å². The van der Waals surface area contributed by atoms with Crippen LogP contribution in [0.2, 0.25) is 0 Å². The molecule has 1 heterocycles. The van der Waals surface area contributed by atoms with Crippen LogP contribution < -0.4 is 4.74 Å². The predicted molar refractivity (Wildman–Crippen MR) is 65.2 cm³/mol. The summed E-state index contributed by atoms with van der Waals surface area (Å²) in [4.78, 5) is 2.82. The molecule has 0 bridgehead atoms. The lowest BCUT2D eigenvalue weighted by Crippen LogP contribution is -2.16. The fourth-order valence-electron chi connectivity index (χ4n) is 1.10. The first-order valence-corrected chi connectivity index (χ1v) is 6.07. The van der Waals surface area contributed by atoms with Crippen LogP contribution >= 0.6 is 22.6 Å². The van der Waals surface area contributed by atoms with Gasteiger partial charge in [0, 0.05) is 13.2 Å². The number of methoxy groups -OCH3 is 1. The number of pyridine rings is 1. The minimum atomic E-state index is -4.80. The topological polar surface area (TPSA) is 40.6 Å². The number of hydrogen-bond donors (Lipinski definition) is 0. The monoisotopic (exact) mass is 395 g/mol. The van der Waals surface area contributed by atoms with E-state index in [-0.39, 0.29) is 16.8 Å². The molecule has 0 N–H and O–H groups in total. The highest BCUT2D eigenvalue weighted by atomic mass is 127.